The molecule has 0 aliphatic rings. The fourth-order valence-corrected chi connectivity index (χ4v) is 2.57. The van der Waals surface area contributed by atoms with Gasteiger partial charge in [-0.1, -0.05) is 43.3 Å². The van der Waals surface area contributed by atoms with Gasteiger partial charge in [0.1, 0.15) is 17.4 Å². The third-order valence-corrected chi connectivity index (χ3v) is 4.37. The fourth-order valence-electron chi connectivity index (χ4n) is 2.57. The minimum atomic E-state index is -0.405. The zero-order chi connectivity index (χ0) is 19.6. The van der Waals surface area contributed by atoms with Crippen molar-refractivity contribution in [1.29, 1.82) is 5.26 Å². The standard InChI is InChI=1S/C22H25N3O2/c1-3-17-4-8-19(9-5-17)16(2)25-15-20(14-23)22(27)24-13-12-18-6-10-21(26)11-7-18/h4-11,15-16,25-26H,3,12-13H2,1-2H3,(H,24,27)/b20-15-. The fraction of sp³-hybridized carbons (Fsp3) is 0.273. The van der Waals surface area contributed by atoms with Gasteiger partial charge in [0.2, 0.25) is 0 Å². The molecule has 2 aromatic carbocycles. The van der Waals surface area contributed by atoms with Crippen LogP contribution in [-0.2, 0) is 17.6 Å². The number of carbonyl (C=O) groups excluding carboxylic acids is 1. The van der Waals surface area contributed by atoms with E-state index in [4.69, 9.17) is 0 Å². The molecule has 0 aliphatic heterocycles. The number of amides is 1. The highest BCUT2D eigenvalue weighted by Gasteiger charge is 2.10. The summed E-state index contributed by atoms with van der Waals surface area (Å²) in [6.45, 7) is 4.50. The number of rotatable bonds is 8. The van der Waals surface area contributed by atoms with Gasteiger partial charge in [-0.05, 0) is 48.6 Å². The molecule has 0 radical (unpaired) electrons. The highest BCUT2D eigenvalue weighted by Crippen LogP contribution is 2.14. The first kappa shape index (κ1) is 20.1. The van der Waals surface area contributed by atoms with Gasteiger partial charge in [-0.25, -0.2) is 0 Å². The van der Waals surface area contributed by atoms with E-state index in [-0.39, 0.29) is 17.4 Å². The second kappa shape index (κ2) is 10.0. The van der Waals surface area contributed by atoms with Gasteiger partial charge in [0.15, 0.2) is 0 Å². The lowest BCUT2D eigenvalue weighted by Crippen LogP contribution is -2.28. The zero-order valence-corrected chi connectivity index (χ0v) is 15.7. The average Bonchev–Trinajstić information content (AvgIpc) is 2.70. The number of hydrogen-bond donors (Lipinski definition) is 3. The van der Waals surface area contributed by atoms with E-state index < -0.39 is 5.91 Å². The maximum Gasteiger partial charge on any atom is 0.263 e. The maximum absolute atomic E-state index is 12.2. The van der Waals surface area contributed by atoms with E-state index in [0.717, 1.165) is 17.5 Å². The number of nitrogens with zero attached hydrogens (tertiary/aromatic N) is 1. The van der Waals surface area contributed by atoms with E-state index in [9.17, 15) is 15.2 Å². The number of aryl methyl sites for hydroxylation is 1. The Morgan fingerprint density at radius 3 is 2.37 bits per heavy atom. The van der Waals surface area contributed by atoms with Crippen LogP contribution in [0.25, 0.3) is 0 Å². The Labute approximate surface area is 160 Å². The molecule has 0 aliphatic carbocycles. The first-order valence-electron chi connectivity index (χ1n) is 9.04. The van der Waals surface area contributed by atoms with Crippen LogP contribution in [0.4, 0.5) is 0 Å². The molecule has 140 valence electrons. The molecule has 3 N–H and O–H groups in total. The van der Waals surface area contributed by atoms with Crippen molar-refractivity contribution < 1.29 is 9.90 Å². The molecule has 1 amide bonds. The maximum atomic E-state index is 12.2. The van der Waals surface area contributed by atoms with Crippen molar-refractivity contribution in [2.24, 2.45) is 0 Å². The lowest BCUT2D eigenvalue weighted by atomic mass is 10.1. The molecular weight excluding hydrogens is 338 g/mol. The molecule has 0 saturated carbocycles. The highest BCUT2D eigenvalue weighted by atomic mass is 16.3. The third-order valence-electron chi connectivity index (χ3n) is 4.37. The molecular formula is C22H25N3O2. The quantitative estimate of drug-likeness (QED) is 0.496. The van der Waals surface area contributed by atoms with Crippen molar-refractivity contribution in [1.82, 2.24) is 10.6 Å². The predicted octanol–water partition coefficient (Wildman–Crippen LogP) is 3.37. The average molecular weight is 363 g/mol. The van der Waals surface area contributed by atoms with E-state index in [1.54, 1.807) is 24.3 Å². The van der Waals surface area contributed by atoms with Gasteiger partial charge in [0, 0.05) is 18.8 Å². The van der Waals surface area contributed by atoms with Crippen LogP contribution in [0, 0.1) is 11.3 Å². The molecule has 0 fully saturated rings. The molecule has 0 heterocycles. The van der Waals surface area contributed by atoms with Crippen molar-refractivity contribution in [2.75, 3.05) is 6.54 Å². The van der Waals surface area contributed by atoms with E-state index in [1.165, 1.54) is 11.8 Å². The van der Waals surface area contributed by atoms with Gasteiger partial charge in [-0.15, -0.1) is 0 Å². The number of hydrogen-bond acceptors (Lipinski definition) is 4. The number of phenolic OH excluding ortho intramolecular Hbond substituents is 1. The van der Waals surface area contributed by atoms with Crippen molar-refractivity contribution in [2.45, 2.75) is 32.7 Å². The van der Waals surface area contributed by atoms with Gasteiger partial charge in [0.05, 0.1) is 0 Å². The molecule has 2 rings (SSSR count). The monoisotopic (exact) mass is 363 g/mol. The number of phenols is 1. The van der Waals surface area contributed by atoms with Crippen LogP contribution in [0.15, 0.2) is 60.3 Å². The normalized spacial score (nSPS) is 12.1. The molecule has 5 nitrogen and oxygen atoms in total. The molecule has 1 atom stereocenters. The Kier molecular flexibility index (Phi) is 7.45. The molecule has 2 aromatic rings. The van der Waals surface area contributed by atoms with Crippen molar-refractivity contribution >= 4 is 5.91 Å². The summed E-state index contributed by atoms with van der Waals surface area (Å²) >= 11 is 0. The second-order valence-corrected chi connectivity index (χ2v) is 6.33. The van der Waals surface area contributed by atoms with E-state index in [2.05, 4.69) is 29.7 Å². The number of nitriles is 1. The van der Waals surface area contributed by atoms with Crippen LogP contribution in [-0.4, -0.2) is 17.6 Å². The summed E-state index contributed by atoms with van der Waals surface area (Å²) in [5, 5.41) is 24.4. The summed E-state index contributed by atoms with van der Waals surface area (Å²) in [6, 6.07) is 17.0. The van der Waals surface area contributed by atoms with Crippen LogP contribution in [0.5, 0.6) is 5.75 Å². The summed E-state index contributed by atoms with van der Waals surface area (Å²) in [4.78, 5) is 12.2. The van der Waals surface area contributed by atoms with Crippen molar-refractivity contribution in [3.8, 4) is 11.8 Å². The molecule has 27 heavy (non-hydrogen) atoms. The zero-order valence-electron chi connectivity index (χ0n) is 15.7. The summed E-state index contributed by atoms with van der Waals surface area (Å²) in [5.74, 6) is -0.195. The van der Waals surface area contributed by atoms with Gasteiger partial charge >= 0.3 is 0 Å². The van der Waals surface area contributed by atoms with E-state index in [0.29, 0.717) is 13.0 Å². The summed E-state index contributed by atoms with van der Waals surface area (Å²) < 4.78 is 0. The number of nitrogens with one attached hydrogen (secondary N) is 2. The Hall–Kier alpha value is -3.26. The Morgan fingerprint density at radius 2 is 1.78 bits per heavy atom. The number of benzene rings is 2. The smallest absolute Gasteiger partial charge is 0.263 e. The van der Waals surface area contributed by atoms with Crippen molar-refractivity contribution in [3.05, 3.63) is 77.0 Å². The van der Waals surface area contributed by atoms with E-state index in [1.807, 2.05) is 25.1 Å². The largest absolute Gasteiger partial charge is 0.508 e. The van der Waals surface area contributed by atoms with Crippen LogP contribution < -0.4 is 10.6 Å². The predicted molar refractivity (Wildman–Crippen MR) is 106 cm³/mol. The van der Waals surface area contributed by atoms with E-state index >= 15 is 0 Å². The number of carbonyl (C=O) groups is 1. The molecule has 0 saturated heterocycles. The molecule has 0 spiro atoms. The topological polar surface area (TPSA) is 85.2 Å². The minimum Gasteiger partial charge on any atom is -0.508 e. The summed E-state index contributed by atoms with van der Waals surface area (Å²) in [6.07, 6.45) is 3.08. The molecule has 0 bridgehead atoms. The Balaban J connectivity index is 1.87. The summed E-state index contributed by atoms with van der Waals surface area (Å²) in [7, 11) is 0. The molecule has 0 aromatic heterocycles. The van der Waals surface area contributed by atoms with Crippen LogP contribution in [0.3, 0.4) is 0 Å². The van der Waals surface area contributed by atoms with Gasteiger partial charge in [-0.3, -0.25) is 4.79 Å². The molecule has 5 heteroatoms. The van der Waals surface area contributed by atoms with Crippen LogP contribution >= 0.6 is 0 Å². The summed E-state index contributed by atoms with van der Waals surface area (Å²) in [5.41, 5.74) is 3.40. The highest BCUT2D eigenvalue weighted by molar-refractivity contribution is 5.97. The van der Waals surface area contributed by atoms with Gasteiger partial charge in [-0.2, -0.15) is 5.26 Å². The van der Waals surface area contributed by atoms with Crippen molar-refractivity contribution in [3.63, 3.8) is 0 Å². The molecule has 1 unspecified atom stereocenters. The first-order valence-corrected chi connectivity index (χ1v) is 9.04. The Morgan fingerprint density at radius 1 is 1.15 bits per heavy atom. The minimum absolute atomic E-state index is 0.0101. The van der Waals surface area contributed by atoms with Crippen LogP contribution in [0.2, 0.25) is 0 Å². The van der Waals surface area contributed by atoms with Crippen LogP contribution in [0.1, 0.15) is 36.6 Å². The third kappa shape index (κ3) is 6.19. The lowest BCUT2D eigenvalue weighted by Gasteiger charge is -2.13. The lowest BCUT2D eigenvalue weighted by molar-refractivity contribution is -0.117. The SMILES string of the molecule is CCc1ccc(C(C)N/C=C(/C#N)C(=O)NCCc2ccc(O)cc2)cc1. The second-order valence-electron chi connectivity index (χ2n) is 6.33. The van der Waals surface area contributed by atoms with Gasteiger partial charge in [0.25, 0.3) is 5.91 Å². The number of aromatic hydroxyl groups is 1. The first-order chi connectivity index (χ1) is 13.0. The van der Waals surface area contributed by atoms with Gasteiger partial charge < -0.3 is 15.7 Å². The Bertz CT molecular complexity index is 818.